The number of carboxylic acid groups (broad SMARTS) is 1. The van der Waals surface area contributed by atoms with Crippen LogP contribution in [-0.2, 0) is 17.8 Å². The summed E-state index contributed by atoms with van der Waals surface area (Å²) >= 11 is 0. The van der Waals surface area contributed by atoms with Crippen LogP contribution in [0.1, 0.15) is 5.69 Å². The Morgan fingerprint density at radius 2 is 2.14 bits per heavy atom. The van der Waals surface area contributed by atoms with Gasteiger partial charge in [0, 0.05) is 12.6 Å². The molecule has 2 aromatic rings. The fraction of sp³-hybridized carbons (Fsp3) is 0.308. The molecule has 112 valence electrons. The minimum absolute atomic E-state index is 0.119. The number of nitrogens with two attached hydrogens (primary N) is 1. The van der Waals surface area contributed by atoms with Gasteiger partial charge in [0.2, 0.25) is 0 Å². The molecule has 1 aromatic heterocycles. The Hall–Kier alpha value is -2.48. The van der Waals surface area contributed by atoms with Gasteiger partial charge in [-0.3, -0.25) is 4.79 Å². The molecule has 0 amide bonds. The zero-order valence-electron chi connectivity index (χ0n) is 11.1. The molecular weight excluding hydrogens is 279 g/mol. The summed E-state index contributed by atoms with van der Waals surface area (Å²) in [7, 11) is 0. The van der Waals surface area contributed by atoms with Gasteiger partial charge >= 0.3 is 5.97 Å². The number of carboxylic acids is 1. The summed E-state index contributed by atoms with van der Waals surface area (Å²) < 4.78 is 19.7. The molecule has 1 atom stereocenters. The highest BCUT2D eigenvalue weighted by Gasteiger charge is 2.14. The van der Waals surface area contributed by atoms with E-state index in [1.807, 2.05) is 0 Å². The molecule has 8 heteroatoms. The van der Waals surface area contributed by atoms with E-state index in [-0.39, 0.29) is 12.2 Å². The Morgan fingerprint density at radius 1 is 1.43 bits per heavy atom. The van der Waals surface area contributed by atoms with E-state index in [2.05, 4.69) is 10.3 Å². The maximum atomic E-state index is 12.7. The molecule has 0 aliphatic heterocycles. The molecule has 0 bridgehead atoms. The van der Waals surface area contributed by atoms with Crippen molar-refractivity contribution in [3.8, 4) is 5.75 Å². The number of halogens is 1. The molecule has 1 heterocycles. The van der Waals surface area contributed by atoms with Crippen LogP contribution in [-0.4, -0.2) is 38.7 Å². The molecule has 0 aliphatic carbocycles. The SMILES string of the molecule is NC(Cc1cn(CCOc2ccc(F)cc2)nn1)C(=O)O. The van der Waals surface area contributed by atoms with Crippen molar-refractivity contribution in [3.63, 3.8) is 0 Å². The number of nitrogens with zero attached hydrogens (tertiary/aromatic N) is 3. The summed E-state index contributed by atoms with van der Waals surface area (Å²) in [5.41, 5.74) is 5.92. The summed E-state index contributed by atoms with van der Waals surface area (Å²) in [5.74, 6) is -0.841. The largest absolute Gasteiger partial charge is 0.492 e. The van der Waals surface area contributed by atoms with Gasteiger partial charge in [-0.25, -0.2) is 9.07 Å². The molecule has 7 nitrogen and oxygen atoms in total. The second-order valence-corrected chi connectivity index (χ2v) is 4.42. The van der Waals surface area contributed by atoms with Gasteiger partial charge < -0.3 is 15.6 Å². The van der Waals surface area contributed by atoms with Crippen LogP contribution in [0.3, 0.4) is 0 Å². The molecule has 0 radical (unpaired) electrons. The van der Waals surface area contributed by atoms with Crippen LogP contribution in [0.5, 0.6) is 5.75 Å². The number of aliphatic carboxylic acids is 1. The summed E-state index contributed by atoms with van der Waals surface area (Å²) in [6, 6.07) is 4.71. The molecule has 1 aromatic carbocycles. The van der Waals surface area contributed by atoms with Gasteiger partial charge in [-0.2, -0.15) is 0 Å². The lowest BCUT2D eigenvalue weighted by Crippen LogP contribution is -2.32. The fourth-order valence-electron chi connectivity index (χ4n) is 1.64. The molecule has 0 saturated carbocycles. The van der Waals surface area contributed by atoms with Crippen molar-refractivity contribution in [2.24, 2.45) is 5.73 Å². The van der Waals surface area contributed by atoms with Gasteiger partial charge in [-0.15, -0.1) is 5.10 Å². The molecule has 0 aliphatic rings. The van der Waals surface area contributed by atoms with E-state index >= 15 is 0 Å². The van der Waals surface area contributed by atoms with E-state index in [1.165, 1.54) is 28.9 Å². The summed E-state index contributed by atoms with van der Waals surface area (Å²) in [4.78, 5) is 10.6. The first-order valence-electron chi connectivity index (χ1n) is 6.30. The Balaban J connectivity index is 1.80. The topological polar surface area (TPSA) is 103 Å². The molecule has 3 N–H and O–H groups in total. The highest BCUT2D eigenvalue weighted by molar-refractivity contribution is 5.73. The molecule has 0 saturated heterocycles. The third-order valence-electron chi connectivity index (χ3n) is 2.74. The number of carbonyl (C=O) groups is 1. The number of aromatic nitrogens is 3. The van der Waals surface area contributed by atoms with Crippen LogP contribution in [0.4, 0.5) is 4.39 Å². The Labute approximate surface area is 120 Å². The maximum Gasteiger partial charge on any atom is 0.320 e. The first-order chi connectivity index (χ1) is 10.0. The highest BCUT2D eigenvalue weighted by Crippen LogP contribution is 2.10. The number of hydrogen-bond acceptors (Lipinski definition) is 5. The number of hydrogen-bond donors (Lipinski definition) is 2. The highest BCUT2D eigenvalue weighted by atomic mass is 19.1. The van der Waals surface area contributed by atoms with Crippen molar-refractivity contribution in [2.75, 3.05) is 6.61 Å². The number of rotatable bonds is 7. The fourth-order valence-corrected chi connectivity index (χ4v) is 1.64. The van der Waals surface area contributed by atoms with Gasteiger partial charge in [0.1, 0.15) is 24.2 Å². The number of ether oxygens (including phenoxy) is 1. The van der Waals surface area contributed by atoms with Crippen molar-refractivity contribution in [3.05, 3.63) is 42.0 Å². The summed E-state index contributed by atoms with van der Waals surface area (Å²) in [5, 5.41) is 16.4. The van der Waals surface area contributed by atoms with Crippen LogP contribution >= 0.6 is 0 Å². The lowest BCUT2D eigenvalue weighted by Gasteiger charge is -2.05. The van der Waals surface area contributed by atoms with Crippen molar-refractivity contribution in [1.29, 1.82) is 0 Å². The third kappa shape index (κ3) is 4.53. The van der Waals surface area contributed by atoms with Gasteiger partial charge in [0.15, 0.2) is 0 Å². The monoisotopic (exact) mass is 294 g/mol. The molecule has 21 heavy (non-hydrogen) atoms. The Morgan fingerprint density at radius 3 is 2.81 bits per heavy atom. The molecule has 0 spiro atoms. The lowest BCUT2D eigenvalue weighted by atomic mass is 10.2. The van der Waals surface area contributed by atoms with Gasteiger partial charge in [-0.1, -0.05) is 5.21 Å². The average Bonchev–Trinajstić information content (AvgIpc) is 2.88. The second kappa shape index (κ2) is 6.80. The van der Waals surface area contributed by atoms with Gasteiger partial charge in [-0.05, 0) is 24.3 Å². The smallest absolute Gasteiger partial charge is 0.320 e. The minimum Gasteiger partial charge on any atom is -0.492 e. The molecule has 1 unspecified atom stereocenters. The lowest BCUT2D eigenvalue weighted by molar-refractivity contribution is -0.138. The van der Waals surface area contributed by atoms with E-state index in [1.54, 1.807) is 6.20 Å². The van der Waals surface area contributed by atoms with Crippen LogP contribution in [0.25, 0.3) is 0 Å². The molecule has 0 fully saturated rings. The molecule has 2 rings (SSSR count). The van der Waals surface area contributed by atoms with E-state index in [0.717, 1.165) is 0 Å². The van der Waals surface area contributed by atoms with Gasteiger partial charge in [0.25, 0.3) is 0 Å². The average molecular weight is 294 g/mol. The minimum atomic E-state index is -1.08. The standard InChI is InChI=1S/C13H15FN4O3/c14-9-1-3-11(4-2-9)21-6-5-18-8-10(16-17-18)7-12(15)13(19)20/h1-4,8,12H,5-7,15H2,(H,19,20). The van der Waals surface area contributed by atoms with Crippen LogP contribution < -0.4 is 10.5 Å². The third-order valence-corrected chi connectivity index (χ3v) is 2.74. The summed E-state index contributed by atoms with van der Waals surface area (Å²) in [6.07, 6.45) is 1.74. The van der Waals surface area contributed by atoms with Crippen molar-refractivity contribution < 1.29 is 19.0 Å². The molecular formula is C13H15FN4O3. The van der Waals surface area contributed by atoms with Crippen molar-refractivity contribution in [1.82, 2.24) is 15.0 Å². The first kappa shape index (κ1) is 14.9. The first-order valence-corrected chi connectivity index (χ1v) is 6.30. The van der Waals surface area contributed by atoms with E-state index in [0.29, 0.717) is 24.6 Å². The van der Waals surface area contributed by atoms with Crippen LogP contribution in [0, 0.1) is 5.82 Å². The second-order valence-electron chi connectivity index (χ2n) is 4.42. The van der Waals surface area contributed by atoms with Crippen molar-refractivity contribution in [2.45, 2.75) is 19.0 Å². The van der Waals surface area contributed by atoms with Crippen LogP contribution in [0.2, 0.25) is 0 Å². The van der Waals surface area contributed by atoms with Crippen LogP contribution in [0.15, 0.2) is 30.5 Å². The Kier molecular flexibility index (Phi) is 4.83. The Bertz CT molecular complexity index is 600. The normalized spacial score (nSPS) is 12.1. The maximum absolute atomic E-state index is 12.7. The zero-order chi connectivity index (χ0) is 15.2. The van der Waals surface area contributed by atoms with E-state index in [9.17, 15) is 9.18 Å². The van der Waals surface area contributed by atoms with Gasteiger partial charge in [0.05, 0.1) is 12.2 Å². The van der Waals surface area contributed by atoms with E-state index < -0.39 is 12.0 Å². The predicted molar refractivity (Wildman–Crippen MR) is 71.2 cm³/mol. The quantitative estimate of drug-likeness (QED) is 0.768. The van der Waals surface area contributed by atoms with Crippen molar-refractivity contribution >= 4 is 5.97 Å². The summed E-state index contributed by atoms with van der Waals surface area (Å²) in [6.45, 7) is 0.770. The van der Waals surface area contributed by atoms with E-state index in [4.69, 9.17) is 15.6 Å². The predicted octanol–water partition coefficient (Wildman–Crippen LogP) is 0.451. The number of benzene rings is 1. The zero-order valence-corrected chi connectivity index (χ0v) is 11.1.